The quantitative estimate of drug-likeness (QED) is 0.694. The van der Waals surface area contributed by atoms with Crippen LogP contribution in [0.1, 0.15) is 60.4 Å². The number of hydrogen-bond acceptors (Lipinski definition) is 2. The highest BCUT2D eigenvalue weighted by Crippen LogP contribution is 2.28. The van der Waals surface area contributed by atoms with E-state index in [0.29, 0.717) is 23.2 Å². The largest absolute Gasteiger partial charge is 0.321 e. The van der Waals surface area contributed by atoms with E-state index in [1.807, 2.05) is 37.3 Å². The third-order valence-corrected chi connectivity index (χ3v) is 4.39. The molecule has 0 heterocycles. The van der Waals surface area contributed by atoms with Crippen LogP contribution < -0.4 is 5.32 Å². The number of benzene rings is 2. The number of Topliss-reactive ketones (excluding diaryl/α,β-unsaturated/α-hetero) is 1. The fourth-order valence-electron chi connectivity index (χ4n) is 2.34. The van der Waals surface area contributed by atoms with Gasteiger partial charge in [0.25, 0.3) is 5.91 Å². The standard InChI is InChI=1S/C20H22BrNO2/c1-5-18(23)16-11-8-14(20(2,3)4)12-17(16)22-19(24)13-6-9-15(21)10-7-13/h6-12H,5H2,1-4H3,(H,22,24). The SMILES string of the molecule is CCC(=O)c1ccc(C(C)(C)C)cc1NC(=O)c1ccc(Br)cc1. The van der Waals surface area contributed by atoms with E-state index in [4.69, 9.17) is 0 Å². The smallest absolute Gasteiger partial charge is 0.255 e. The molecule has 0 aliphatic carbocycles. The second-order valence-corrected chi connectivity index (χ2v) is 7.66. The molecule has 0 saturated heterocycles. The van der Waals surface area contributed by atoms with Crippen molar-refractivity contribution in [1.82, 2.24) is 0 Å². The Labute approximate surface area is 151 Å². The van der Waals surface area contributed by atoms with Crippen LogP contribution in [0.4, 0.5) is 5.69 Å². The van der Waals surface area contributed by atoms with E-state index in [9.17, 15) is 9.59 Å². The topological polar surface area (TPSA) is 46.2 Å². The summed E-state index contributed by atoms with van der Waals surface area (Å²) >= 11 is 3.36. The molecule has 1 amide bonds. The molecule has 0 atom stereocenters. The molecule has 0 fully saturated rings. The minimum atomic E-state index is -0.223. The van der Waals surface area contributed by atoms with E-state index in [1.165, 1.54) is 0 Å². The van der Waals surface area contributed by atoms with Gasteiger partial charge in [-0.05, 0) is 47.4 Å². The summed E-state index contributed by atoms with van der Waals surface area (Å²) in [6.45, 7) is 8.12. The molecule has 0 aliphatic heterocycles. The molecule has 0 aromatic heterocycles. The third kappa shape index (κ3) is 4.32. The molecular weight excluding hydrogens is 366 g/mol. The highest BCUT2D eigenvalue weighted by molar-refractivity contribution is 9.10. The van der Waals surface area contributed by atoms with Gasteiger partial charge in [0.15, 0.2) is 5.78 Å². The van der Waals surface area contributed by atoms with Gasteiger partial charge in [0.2, 0.25) is 0 Å². The predicted octanol–water partition coefficient (Wildman–Crippen LogP) is 5.59. The van der Waals surface area contributed by atoms with Gasteiger partial charge in [0.05, 0.1) is 5.69 Å². The lowest BCUT2D eigenvalue weighted by atomic mass is 9.85. The Bertz CT molecular complexity index is 758. The summed E-state index contributed by atoms with van der Waals surface area (Å²) in [5, 5.41) is 2.90. The Balaban J connectivity index is 2.40. The monoisotopic (exact) mass is 387 g/mol. The molecule has 2 aromatic rings. The summed E-state index contributed by atoms with van der Waals surface area (Å²) in [7, 11) is 0. The minimum absolute atomic E-state index is 0.0153. The Kier molecular flexibility index (Phi) is 5.60. The molecule has 0 aliphatic rings. The molecule has 126 valence electrons. The predicted molar refractivity (Wildman–Crippen MR) is 102 cm³/mol. The molecule has 0 unspecified atom stereocenters. The maximum absolute atomic E-state index is 12.5. The lowest BCUT2D eigenvalue weighted by molar-refractivity contribution is 0.0989. The van der Waals surface area contributed by atoms with Crippen molar-refractivity contribution in [2.24, 2.45) is 0 Å². The average Bonchev–Trinajstić information content (AvgIpc) is 2.53. The maximum Gasteiger partial charge on any atom is 0.255 e. The van der Waals surface area contributed by atoms with E-state index in [0.717, 1.165) is 10.0 Å². The van der Waals surface area contributed by atoms with Crippen LogP contribution in [0, 0.1) is 0 Å². The zero-order chi connectivity index (χ0) is 17.9. The fraction of sp³-hybridized carbons (Fsp3) is 0.300. The van der Waals surface area contributed by atoms with Crippen LogP contribution in [0.25, 0.3) is 0 Å². The number of rotatable bonds is 4. The highest BCUT2D eigenvalue weighted by Gasteiger charge is 2.19. The summed E-state index contributed by atoms with van der Waals surface area (Å²) < 4.78 is 0.913. The van der Waals surface area contributed by atoms with Gasteiger partial charge in [-0.25, -0.2) is 0 Å². The highest BCUT2D eigenvalue weighted by atomic mass is 79.9. The molecule has 2 rings (SSSR count). The van der Waals surface area contributed by atoms with E-state index in [-0.39, 0.29) is 17.1 Å². The molecule has 2 aromatic carbocycles. The van der Waals surface area contributed by atoms with Crippen molar-refractivity contribution < 1.29 is 9.59 Å². The van der Waals surface area contributed by atoms with Crippen molar-refractivity contribution >= 4 is 33.3 Å². The summed E-state index contributed by atoms with van der Waals surface area (Å²) in [4.78, 5) is 24.7. The van der Waals surface area contributed by atoms with Gasteiger partial charge in [-0.2, -0.15) is 0 Å². The van der Waals surface area contributed by atoms with Gasteiger partial charge in [-0.15, -0.1) is 0 Å². The van der Waals surface area contributed by atoms with Crippen LogP contribution in [0.5, 0.6) is 0 Å². The number of anilines is 1. The van der Waals surface area contributed by atoms with Crippen molar-refractivity contribution in [3.05, 3.63) is 63.6 Å². The summed E-state index contributed by atoms with van der Waals surface area (Å²) in [5.74, 6) is -0.208. The number of hydrogen-bond donors (Lipinski definition) is 1. The Hall–Kier alpha value is -1.94. The van der Waals surface area contributed by atoms with Crippen LogP contribution in [-0.4, -0.2) is 11.7 Å². The molecule has 4 heteroatoms. The van der Waals surface area contributed by atoms with Gasteiger partial charge in [-0.3, -0.25) is 9.59 Å². The number of halogens is 1. The van der Waals surface area contributed by atoms with Crippen molar-refractivity contribution in [1.29, 1.82) is 0 Å². The second kappa shape index (κ2) is 7.31. The zero-order valence-electron chi connectivity index (χ0n) is 14.4. The summed E-state index contributed by atoms with van der Waals surface area (Å²) in [5.41, 5.74) is 2.68. The Morgan fingerprint density at radius 1 is 1.04 bits per heavy atom. The molecule has 0 spiro atoms. The molecule has 24 heavy (non-hydrogen) atoms. The lowest BCUT2D eigenvalue weighted by Gasteiger charge is -2.21. The van der Waals surface area contributed by atoms with E-state index >= 15 is 0 Å². The van der Waals surface area contributed by atoms with E-state index in [2.05, 4.69) is 42.0 Å². The van der Waals surface area contributed by atoms with Crippen LogP contribution in [0.3, 0.4) is 0 Å². The van der Waals surface area contributed by atoms with Crippen LogP contribution in [-0.2, 0) is 5.41 Å². The summed E-state index contributed by atoms with van der Waals surface area (Å²) in [6, 6.07) is 12.8. The molecular formula is C20H22BrNO2. The number of amides is 1. The van der Waals surface area contributed by atoms with Crippen LogP contribution >= 0.6 is 15.9 Å². The average molecular weight is 388 g/mol. The second-order valence-electron chi connectivity index (χ2n) is 6.75. The van der Waals surface area contributed by atoms with E-state index < -0.39 is 0 Å². The third-order valence-electron chi connectivity index (χ3n) is 3.86. The Morgan fingerprint density at radius 2 is 1.67 bits per heavy atom. The van der Waals surface area contributed by atoms with Crippen molar-refractivity contribution in [3.63, 3.8) is 0 Å². The Morgan fingerprint density at radius 3 is 2.21 bits per heavy atom. The number of carbonyl (C=O) groups is 2. The van der Waals surface area contributed by atoms with Gasteiger partial charge < -0.3 is 5.32 Å². The first-order valence-corrected chi connectivity index (χ1v) is 8.76. The molecule has 3 nitrogen and oxygen atoms in total. The normalized spacial score (nSPS) is 11.2. The molecule has 1 N–H and O–H groups in total. The van der Waals surface area contributed by atoms with Crippen molar-refractivity contribution in [2.75, 3.05) is 5.32 Å². The van der Waals surface area contributed by atoms with Crippen molar-refractivity contribution in [3.8, 4) is 0 Å². The number of ketones is 1. The molecule has 0 bridgehead atoms. The first kappa shape index (κ1) is 18.4. The van der Waals surface area contributed by atoms with Crippen molar-refractivity contribution in [2.45, 2.75) is 39.5 Å². The number of carbonyl (C=O) groups excluding carboxylic acids is 2. The summed E-state index contributed by atoms with van der Waals surface area (Å²) in [6.07, 6.45) is 0.399. The van der Waals surface area contributed by atoms with Crippen LogP contribution in [0.15, 0.2) is 46.9 Å². The molecule has 0 saturated carbocycles. The fourth-order valence-corrected chi connectivity index (χ4v) is 2.61. The molecule has 0 radical (unpaired) electrons. The lowest BCUT2D eigenvalue weighted by Crippen LogP contribution is -2.17. The first-order valence-electron chi connectivity index (χ1n) is 7.97. The first-order chi connectivity index (χ1) is 11.2. The number of nitrogens with one attached hydrogen (secondary N) is 1. The van der Waals surface area contributed by atoms with Gasteiger partial charge >= 0.3 is 0 Å². The van der Waals surface area contributed by atoms with E-state index in [1.54, 1.807) is 12.1 Å². The maximum atomic E-state index is 12.5. The zero-order valence-corrected chi connectivity index (χ0v) is 16.0. The van der Waals surface area contributed by atoms with Gasteiger partial charge in [0.1, 0.15) is 0 Å². The minimum Gasteiger partial charge on any atom is -0.321 e. The van der Waals surface area contributed by atoms with Crippen LogP contribution in [0.2, 0.25) is 0 Å². The van der Waals surface area contributed by atoms with Gasteiger partial charge in [-0.1, -0.05) is 49.7 Å². The van der Waals surface area contributed by atoms with Gasteiger partial charge in [0, 0.05) is 22.0 Å².